The smallest absolute Gasteiger partial charge is 0.357 e. The first-order chi connectivity index (χ1) is 10.0. The minimum absolute atomic E-state index is 0.212. The quantitative estimate of drug-likeness (QED) is 0.817. The average molecular weight is 301 g/mol. The third-order valence-corrected chi connectivity index (χ3v) is 3.79. The van der Waals surface area contributed by atoms with Gasteiger partial charge < -0.3 is 10.2 Å². The fourth-order valence-corrected chi connectivity index (χ4v) is 2.61. The molecule has 0 radical (unpaired) electrons. The van der Waals surface area contributed by atoms with Gasteiger partial charge in [-0.3, -0.25) is 0 Å². The first-order valence-electron chi connectivity index (χ1n) is 7.51. The molecule has 2 heterocycles. The highest BCUT2D eigenvalue weighted by molar-refractivity contribution is 5.38. The van der Waals surface area contributed by atoms with Crippen molar-refractivity contribution in [2.75, 3.05) is 24.5 Å². The van der Waals surface area contributed by atoms with E-state index in [0.717, 1.165) is 31.7 Å². The van der Waals surface area contributed by atoms with E-state index in [1.165, 1.54) is 0 Å². The summed E-state index contributed by atoms with van der Waals surface area (Å²) in [5.41, 5.74) is 0. The molecule has 2 rings (SSSR count). The van der Waals surface area contributed by atoms with Crippen LogP contribution in [-0.2, 0) is 0 Å². The lowest BCUT2D eigenvalue weighted by atomic mass is 10.0. The molecule has 0 bridgehead atoms. The molecule has 21 heavy (non-hydrogen) atoms. The zero-order chi connectivity index (χ0) is 15.1. The minimum atomic E-state index is -4.02. The van der Waals surface area contributed by atoms with Crippen LogP contribution in [-0.4, -0.2) is 36.8 Å². The summed E-state index contributed by atoms with van der Waals surface area (Å²) in [6.07, 6.45) is -0.0872. The molecule has 3 nitrogen and oxygen atoms in total. The molecule has 1 aliphatic heterocycles. The van der Waals surface area contributed by atoms with Crippen LogP contribution in [0, 0.1) is 0 Å². The molecular weight excluding hydrogens is 279 g/mol. The van der Waals surface area contributed by atoms with Gasteiger partial charge in [0.15, 0.2) is 0 Å². The molecule has 0 amide bonds. The van der Waals surface area contributed by atoms with E-state index in [1.807, 2.05) is 18.2 Å². The summed E-state index contributed by atoms with van der Waals surface area (Å²) in [5.74, 6) is 1.00. The maximum Gasteiger partial charge on any atom is 0.389 e. The second kappa shape index (κ2) is 7.64. The SMILES string of the molecule is FC(F)(F)CCCCNC1CCN(c2ccccn2)CC1. The van der Waals surface area contributed by atoms with Gasteiger partial charge in [-0.15, -0.1) is 0 Å². The minimum Gasteiger partial charge on any atom is -0.357 e. The van der Waals surface area contributed by atoms with Crippen LogP contribution < -0.4 is 10.2 Å². The van der Waals surface area contributed by atoms with E-state index in [2.05, 4.69) is 15.2 Å². The third kappa shape index (κ3) is 5.91. The Hall–Kier alpha value is -1.30. The molecule has 1 aromatic rings. The molecule has 1 fully saturated rings. The third-order valence-electron chi connectivity index (χ3n) is 3.79. The Bertz CT molecular complexity index is 400. The standard InChI is InChI=1S/C15H22F3N3/c16-15(17,18)8-2-4-9-19-13-6-11-21(12-7-13)14-5-1-3-10-20-14/h1,3,5,10,13,19H,2,4,6-9,11-12H2. The number of halogens is 3. The van der Waals surface area contributed by atoms with Gasteiger partial charge in [0.25, 0.3) is 0 Å². The van der Waals surface area contributed by atoms with Crippen LogP contribution in [0.25, 0.3) is 0 Å². The predicted octanol–water partition coefficient (Wildman–Crippen LogP) is 3.37. The van der Waals surface area contributed by atoms with E-state index in [-0.39, 0.29) is 6.42 Å². The number of nitrogens with zero attached hydrogens (tertiary/aromatic N) is 2. The lowest BCUT2D eigenvalue weighted by molar-refractivity contribution is -0.135. The van der Waals surface area contributed by atoms with Gasteiger partial charge >= 0.3 is 6.18 Å². The number of alkyl halides is 3. The van der Waals surface area contributed by atoms with Gasteiger partial charge in [-0.1, -0.05) is 6.07 Å². The summed E-state index contributed by atoms with van der Waals surface area (Å²) in [6, 6.07) is 6.30. The van der Waals surface area contributed by atoms with E-state index in [1.54, 1.807) is 6.20 Å². The largest absolute Gasteiger partial charge is 0.389 e. The van der Waals surface area contributed by atoms with Crippen LogP contribution >= 0.6 is 0 Å². The van der Waals surface area contributed by atoms with Gasteiger partial charge in [0.2, 0.25) is 0 Å². The number of aromatic nitrogens is 1. The van der Waals surface area contributed by atoms with Crippen molar-refractivity contribution in [1.29, 1.82) is 0 Å². The van der Waals surface area contributed by atoms with Gasteiger partial charge in [-0.05, 0) is 44.4 Å². The summed E-state index contributed by atoms with van der Waals surface area (Å²) in [6.45, 7) is 2.55. The highest BCUT2D eigenvalue weighted by atomic mass is 19.4. The fraction of sp³-hybridized carbons (Fsp3) is 0.667. The molecule has 0 aliphatic carbocycles. The second-order valence-electron chi connectivity index (χ2n) is 5.48. The van der Waals surface area contributed by atoms with Crippen LogP contribution in [0.5, 0.6) is 0 Å². The van der Waals surface area contributed by atoms with Crippen molar-refractivity contribution in [1.82, 2.24) is 10.3 Å². The van der Waals surface area contributed by atoms with Gasteiger partial charge in [-0.25, -0.2) is 4.98 Å². The summed E-state index contributed by atoms with van der Waals surface area (Å²) in [4.78, 5) is 6.59. The monoisotopic (exact) mass is 301 g/mol. The number of rotatable bonds is 6. The van der Waals surface area contributed by atoms with Gasteiger partial charge in [0, 0.05) is 31.7 Å². The molecule has 1 saturated heterocycles. The molecule has 0 atom stereocenters. The fourth-order valence-electron chi connectivity index (χ4n) is 2.61. The number of hydrogen-bond acceptors (Lipinski definition) is 3. The van der Waals surface area contributed by atoms with Crippen molar-refractivity contribution in [3.8, 4) is 0 Å². The van der Waals surface area contributed by atoms with Crippen LogP contribution in [0.3, 0.4) is 0 Å². The van der Waals surface area contributed by atoms with E-state index in [0.29, 0.717) is 19.0 Å². The molecule has 118 valence electrons. The van der Waals surface area contributed by atoms with Gasteiger partial charge in [-0.2, -0.15) is 13.2 Å². The Morgan fingerprint density at radius 2 is 1.95 bits per heavy atom. The van der Waals surface area contributed by atoms with Crippen molar-refractivity contribution in [2.24, 2.45) is 0 Å². The molecule has 0 saturated carbocycles. The number of pyridine rings is 1. The van der Waals surface area contributed by atoms with E-state index in [4.69, 9.17) is 0 Å². The van der Waals surface area contributed by atoms with Crippen molar-refractivity contribution in [3.05, 3.63) is 24.4 Å². The van der Waals surface area contributed by atoms with E-state index >= 15 is 0 Å². The normalized spacial score (nSPS) is 17.2. The summed E-state index contributed by atoms with van der Waals surface area (Å²) >= 11 is 0. The van der Waals surface area contributed by atoms with Crippen LogP contribution in [0.2, 0.25) is 0 Å². The Labute approximate surface area is 123 Å². The molecule has 1 aliphatic rings. The summed E-state index contributed by atoms with van der Waals surface area (Å²) in [5, 5.41) is 3.37. The molecule has 0 spiro atoms. The Morgan fingerprint density at radius 3 is 2.57 bits per heavy atom. The number of anilines is 1. The van der Waals surface area contributed by atoms with Crippen molar-refractivity contribution >= 4 is 5.82 Å². The van der Waals surface area contributed by atoms with Crippen molar-refractivity contribution < 1.29 is 13.2 Å². The lowest BCUT2D eigenvalue weighted by Crippen LogP contribution is -2.43. The molecule has 0 aromatic carbocycles. The lowest BCUT2D eigenvalue weighted by Gasteiger charge is -2.33. The van der Waals surface area contributed by atoms with Crippen LogP contribution in [0.1, 0.15) is 32.1 Å². The highest BCUT2D eigenvalue weighted by Gasteiger charge is 2.26. The number of piperidine rings is 1. The zero-order valence-electron chi connectivity index (χ0n) is 12.1. The Balaban J connectivity index is 1.59. The van der Waals surface area contributed by atoms with E-state index in [9.17, 15) is 13.2 Å². The second-order valence-corrected chi connectivity index (χ2v) is 5.48. The molecule has 1 aromatic heterocycles. The molecular formula is C15H22F3N3. The molecule has 1 N–H and O–H groups in total. The van der Waals surface area contributed by atoms with Crippen LogP contribution in [0.15, 0.2) is 24.4 Å². The highest BCUT2D eigenvalue weighted by Crippen LogP contribution is 2.22. The van der Waals surface area contributed by atoms with E-state index < -0.39 is 12.6 Å². The van der Waals surface area contributed by atoms with Gasteiger partial charge in [0.1, 0.15) is 5.82 Å². The first kappa shape index (κ1) is 16.1. The number of unbranched alkanes of at least 4 members (excludes halogenated alkanes) is 1. The molecule has 6 heteroatoms. The molecule has 0 unspecified atom stereocenters. The summed E-state index contributed by atoms with van der Waals surface area (Å²) < 4.78 is 36.0. The maximum absolute atomic E-state index is 12.0. The summed E-state index contributed by atoms with van der Waals surface area (Å²) in [7, 11) is 0. The van der Waals surface area contributed by atoms with Crippen LogP contribution in [0.4, 0.5) is 19.0 Å². The zero-order valence-corrected chi connectivity index (χ0v) is 12.1. The first-order valence-corrected chi connectivity index (χ1v) is 7.51. The number of nitrogens with one attached hydrogen (secondary N) is 1. The predicted molar refractivity (Wildman–Crippen MR) is 77.4 cm³/mol. The van der Waals surface area contributed by atoms with Crippen molar-refractivity contribution in [2.45, 2.75) is 44.3 Å². The topological polar surface area (TPSA) is 28.2 Å². The average Bonchev–Trinajstić information content (AvgIpc) is 2.47. The Kier molecular flexibility index (Phi) is 5.85. The Morgan fingerprint density at radius 1 is 1.19 bits per heavy atom. The van der Waals surface area contributed by atoms with Gasteiger partial charge in [0.05, 0.1) is 0 Å². The number of hydrogen-bond donors (Lipinski definition) is 1. The van der Waals surface area contributed by atoms with Crippen molar-refractivity contribution in [3.63, 3.8) is 0 Å². The maximum atomic E-state index is 12.0.